The molecule has 9 nitrogen and oxygen atoms in total. The molecule has 0 aliphatic carbocycles. The van der Waals surface area contributed by atoms with Crippen LogP contribution in [0.1, 0.15) is 12.7 Å². The van der Waals surface area contributed by atoms with Crippen molar-refractivity contribution in [3.63, 3.8) is 0 Å². The normalized spacial score (nSPS) is 10.2. The Morgan fingerprint density at radius 3 is 2.74 bits per heavy atom. The van der Waals surface area contributed by atoms with Crippen LogP contribution in [0.4, 0.5) is 5.69 Å². The van der Waals surface area contributed by atoms with Crippen molar-refractivity contribution in [2.24, 2.45) is 0 Å². The molecule has 0 aliphatic heterocycles. The Balaban J connectivity index is 2.35. The number of anilines is 1. The second-order valence-electron chi connectivity index (χ2n) is 4.44. The highest BCUT2D eigenvalue weighted by molar-refractivity contribution is 6.38. The molecule has 0 atom stereocenters. The van der Waals surface area contributed by atoms with Crippen LogP contribution in [0.2, 0.25) is 0 Å². The molecule has 9 heteroatoms. The van der Waals surface area contributed by atoms with Crippen LogP contribution >= 0.6 is 0 Å². The van der Waals surface area contributed by atoms with Crippen molar-refractivity contribution in [2.45, 2.75) is 13.5 Å². The lowest BCUT2D eigenvalue weighted by molar-refractivity contribution is -0.153. The van der Waals surface area contributed by atoms with E-state index < -0.39 is 17.6 Å². The van der Waals surface area contributed by atoms with E-state index in [-0.39, 0.29) is 19.0 Å². The molecule has 0 bridgehead atoms. The van der Waals surface area contributed by atoms with Crippen LogP contribution in [0.3, 0.4) is 0 Å². The average molecular weight is 320 g/mol. The lowest BCUT2D eigenvalue weighted by Gasteiger charge is -2.21. The van der Waals surface area contributed by atoms with E-state index in [0.717, 1.165) is 4.90 Å². The first-order valence-electron chi connectivity index (χ1n) is 6.81. The van der Waals surface area contributed by atoms with E-state index in [1.807, 2.05) is 0 Å². The number of benzene rings is 1. The first-order valence-corrected chi connectivity index (χ1v) is 6.81. The molecular weight excluding hydrogens is 304 g/mol. The zero-order valence-electron chi connectivity index (χ0n) is 12.7. The summed E-state index contributed by atoms with van der Waals surface area (Å²) in [7, 11) is 1.49. The second kappa shape index (κ2) is 7.25. The van der Waals surface area contributed by atoms with E-state index in [4.69, 9.17) is 9.47 Å². The molecule has 122 valence electrons. The van der Waals surface area contributed by atoms with Crippen LogP contribution in [0.5, 0.6) is 5.75 Å². The molecule has 1 heterocycles. The minimum absolute atomic E-state index is 0.0791. The second-order valence-corrected chi connectivity index (χ2v) is 4.44. The van der Waals surface area contributed by atoms with Crippen LogP contribution in [0.25, 0.3) is 0 Å². The molecular formula is C14H16N4O5. The Morgan fingerprint density at radius 1 is 1.35 bits per heavy atom. The third kappa shape index (κ3) is 3.96. The molecule has 0 fully saturated rings. The zero-order valence-corrected chi connectivity index (χ0v) is 12.7. The SMILES string of the molecule is CCOC(=O)C(=O)N(Cc1n[nH]c(=O)[nH]1)c1cccc(OC)c1. The van der Waals surface area contributed by atoms with Gasteiger partial charge in [0.1, 0.15) is 5.75 Å². The van der Waals surface area contributed by atoms with Crippen molar-refractivity contribution in [1.29, 1.82) is 0 Å². The number of nitrogens with zero attached hydrogens (tertiary/aromatic N) is 2. The topological polar surface area (TPSA) is 117 Å². The molecule has 2 rings (SSSR count). The fourth-order valence-corrected chi connectivity index (χ4v) is 1.89. The number of nitrogens with one attached hydrogen (secondary N) is 2. The number of aromatic nitrogens is 3. The van der Waals surface area contributed by atoms with Gasteiger partial charge in [0.05, 0.1) is 20.3 Å². The van der Waals surface area contributed by atoms with Gasteiger partial charge in [0.2, 0.25) is 0 Å². The predicted molar refractivity (Wildman–Crippen MR) is 80.0 cm³/mol. The van der Waals surface area contributed by atoms with E-state index in [1.54, 1.807) is 31.2 Å². The van der Waals surface area contributed by atoms with Gasteiger partial charge in [0.15, 0.2) is 5.82 Å². The molecule has 1 amide bonds. The predicted octanol–water partition coefficient (Wildman–Crippen LogP) is 0.203. The maximum absolute atomic E-state index is 12.3. The lowest BCUT2D eigenvalue weighted by Crippen LogP contribution is -2.37. The maximum Gasteiger partial charge on any atom is 0.397 e. The molecule has 0 spiro atoms. The molecule has 1 aromatic heterocycles. The van der Waals surface area contributed by atoms with Crippen LogP contribution in [0.15, 0.2) is 29.1 Å². The van der Waals surface area contributed by atoms with Crippen molar-refractivity contribution >= 4 is 17.6 Å². The van der Waals surface area contributed by atoms with Gasteiger partial charge < -0.3 is 9.47 Å². The first kappa shape index (κ1) is 16.3. The van der Waals surface area contributed by atoms with Gasteiger partial charge >= 0.3 is 17.6 Å². The number of rotatable bonds is 5. The van der Waals surface area contributed by atoms with Gasteiger partial charge in [0, 0.05) is 11.8 Å². The number of H-pyrrole nitrogens is 2. The fraction of sp³-hybridized carbons (Fsp3) is 0.286. The standard InChI is InChI=1S/C14H16N4O5/c1-3-23-13(20)12(19)18(8-11-15-14(21)17-16-11)9-5-4-6-10(7-9)22-2/h4-7H,3,8H2,1-2H3,(H2,15,16,17,21). The van der Waals surface area contributed by atoms with Gasteiger partial charge in [-0.15, -0.1) is 0 Å². The number of hydrogen-bond acceptors (Lipinski definition) is 6. The number of methoxy groups -OCH3 is 1. The minimum atomic E-state index is -0.992. The summed E-state index contributed by atoms with van der Waals surface area (Å²) in [5, 5.41) is 5.94. The van der Waals surface area contributed by atoms with Gasteiger partial charge in [-0.1, -0.05) is 6.07 Å². The molecule has 0 saturated carbocycles. The number of hydrogen-bond donors (Lipinski definition) is 2. The summed E-state index contributed by atoms with van der Waals surface area (Å²) in [4.78, 5) is 38.8. The van der Waals surface area contributed by atoms with E-state index in [0.29, 0.717) is 11.4 Å². The third-order valence-electron chi connectivity index (χ3n) is 2.92. The molecule has 23 heavy (non-hydrogen) atoms. The van der Waals surface area contributed by atoms with E-state index >= 15 is 0 Å². The lowest BCUT2D eigenvalue weighted by atomic mass is 10.2. The largest absolute Gasteiger partial charge is 0.497 e. The fourth-order valence-electron chi connectivity index (χ4n) is 1.89. The molecule has 1 aromatic carbocycles. The smallest absolute Gasteiger partial charge is 0.397 e. The Morgan fingerprint density at radius 2 is 2.13 bits per heavy atom. The van der Waals surface area contributed by atoms with Gasteiger partial charge in [-0.25, -0.2) is 14.7 Å². The third-order valence-corrected chi connectivity index (χ3v) is 2.92. The quantitative estimate of drug-likeness (QED) is 0.600. The molecule has 0 aliphatic rings. The summed E-state index contributed by atoms with van der Waals surface area (Å²) in [5.41, 5.74) is -0.0968. The summed E-state index contributed by atoms with van der Waals surface area (Å²) in [6.07, 6.45) is 0. The number of amides is 1. The number of esters is 1. The molecule has 2 N–H and O–H groups in total. The highest BCUT2D eigenvalue weighted by Gasteiger charge is 2.26. The van der Waals surface area contributed by atoms with Crippen molar-refractivity contribution in [2.75, 3.05) is 18.6 Å². The summed E-state index contributed by atoms with van der Waals surface area (Å²) in [6.45, 7) is 1.57. The Kier molecular flexibility index (Phi) is 5.13. The molecule has 0 unspecified atom stereocenters. The number of carbonyl (C=O) groups is 2. The Labute approximate surface area is 131 Å². The van der Waals surface area contributed by atoms with Gasteiger partial charge in [-0.2, -0.15) is 5.10 Å². The summed E-state index contributed by atoms with van der Waals surface area (Å²) < 4.78 is 9.86. The van der Waals surface area contributed by atoms with Crippen LogP contribution in [0, 0.1) is 0 Å². The molecule has 0 radical (unpaired) electrons. The number of aromatic amines is 2. The van der Waals surface area contributed by atoms with Crippen LogP contribution < -0.4 is 15.3 Å². The number of ether oxygens (including phenoxy) is 2. The van der Waals surface area contributed by atoms with Crippen LogP contribution in [-0.2, 0) is 20.9 Å². The minimum Gasteiger partial charge on any atom is -0.497 e. The monoisotopic (exact) mass is 320 g/mol. The zero-order chi connectivity index (χ0) is 16.8. The maximum atomic E-state index is 12.3. The average Bonchev–Trinajstić information content (AvgIpc) is 2.97. The number of carbonyl (C=O) groups excluding carboxylic acids is 2. The van der Waals surface area contributed by atoms with Gasteiger partial charge in [-0.3, -0.25) is 14.7 Å². The van der Waals surface area contributed by atoms with Gasteiger partial charge in [0.25, 0.3) is 0 Å². The van der Waals surface area contributed by atoms with E-state index in [1.165, 1.54) is 7.11 Å². The van der Waals surface area contributed by atoms with Crippen molar-refractivity contribution in [1.82, 2.24) is 15.2 Å². The summed E-state index contributed by atoms with van der Waals surface area (Å²) in [6, 6.07) is 6.59. The highest BCUT2D eigenvalue weighted by atomic mass is 16.5. The van der Waals surface area contributed by atoms with Crippen molar-refractivity contribution in [3.05, 3.63) is 40.6 Å². The summed E-state index contributed by atoms with van der Waals surface area (Å²) in [5.74, 6) is -1.15. The van der Waals surface area contributed by atoms with Crippen molar-refractivity contribution < 1.29 is 19.1 Å². The first-order chi connectivity index (χ1) is 11.0. The van der Waals surface area contributed by atoms with Crippen molar-refractivity contribution in [3.8, 4) is 5.75 Å². The highest BCUT2D eigenvalue weighted by Crippen LogP contribution is 2.22. The summed E-state index contributed by atoms with van der Waals surface area (Å²) >= 11 is 0. The molecule has 2 aromatic rings. The van der Waals surface area contributed by atoms with E-state index in [2.05, 4.69) is 15.2 Å². The van der Waals surface area contributed by atoms with Crippen LogP contribution in [-0.4, -0.2) is 40.8 Å². The molecule has 0 saturated heterocycles. The Hall–Kier alpha value is -3.10. The van der Waals surface area contributed by atoms with Gasteiger partial charge in [-0.05, 0) is 19.1 Å². The Bertz CT molecular complexity index is 751. The van der Waals surface area contributed by atoms with E-state index in [9.17, 15) is 14.4 Å².